The van der Waals surface area contributed by atoms with E-state index in [2.05, 4.69) is 0 Å². The smallest absolute Gasteiger partial charge is 0.332 e. The number of benzene rings is 2. The molecule has 1 fully saturated rings. The van der Waals surface area contributed by atoms with E-state index in [1.54, 1.807) is 19.1 Å². The number of Topliss-reactive ketones (excluding diaryl/α,β-unsaturated/α-hetero) is 1. The largest absolute Gasteiger partial charge is 0.497 e. The van der Waals surface area contributed by atoms with E-state index in [0.29, 0.717) is 17.2 Å². The van der Waals surface area contributed by atoms with Crippen molar-refractivity contribution in [2.45, 2.75) is 13.0 Å². The molecule has 1 unspecified atom stereocenters. The number of nitrogens with zero attached hydrogens (tertiary/aromatic N) is 2. The summed E-state index contributed by atoms with van der Waals surface area (Å²) in [6.45, 7) is 1.11. The van der Waals surface area contributed by atoms with Gasteiger partial charge in [0.2, 0.25) is 0 Å². The second-order valence-corrected chi connectivity index (χ2v) is 6.22. The fourth-order valence-corrected chi connectivity index (χ4v) is 3.07. The van der Waals surface area contributed by atoms with Crippen LogP contribution in [-0.4, -0.2) is 49.4 Å². The van der Waals surface area contributed by atoms with E-state index < -0.39 is 36.1 Å². The van der Waals surface area contributed by atoms with Crippen LogP contribution in [0, 0.1) is 5.82 Å². The SMILES string of the molecule is COc1ccc(OC)c(C(=O)CN2C(=O)C(C)N(c3ccc(F)cc3)C2=O)c1. The lowest BCUT2D eigenvalue weighted by Crippen LogP contribution is -2.37. The topological polar surface area (TPSA) is 76.2 Å². The molecule has 1 heterocycles. The van der Waals surface area contributed by atoms with E-state index >= 15 is 0 Å². The summed E-state index contributed by atoms with van der Waals surface area (Å²) in [7, 11) is 2.88. The number of urea groups is 1. The van der Waals surface area contributed by atoms with Gasteiger partial charge in [-0.1, -0.05) is 0 Å². The monoisotopic (exact) mass is 386 g/mol. The maximum atomic E-state index is 13.2. The molecule has 146 valence electrons. The van der Waals surface area contributed by atoms with Gasteiger partial charge in [0.25, 0.3) is 5.91 Å². The van der Waals surface area contributed by atoms with E-state index in [0.717, 1.165) is 4.90 Å². The van der Waals surface area contributed by atoms with Gasteiger partial charge in [-0.15, -0.1) is 0 Å². The number of ketones is 1. The van der Waals surface area contributed by atoms with Crippen LogP contribution in [-0.2, 0) is 4.79 Å². The lowest BCUT2D eigenvalue weighted by molar-refractivity contribution is -0.126. The molecule has 3 rings (SSSR count). The molecule has 2 aromatic carbocycles. The van der Waals surface area contributed by atoms with Crippen LogP contribution in [0.5, 0.6) is 11.5 Å². The van der Waals surface area contributed by atoms with Crippen molar-refractivity contribution < 1.29 is 28.2 Å². The first kappa shape index (κ1) is 19.3. The molecule has 1 aliphatic rings. The molecular weight excluding hydrogens is 367 g/mol. The van der Waals surface area contributed by atoms with E-state index in [1.165, 1.54) is 49.5 Å². The Morgan fingerprint density at radius 3 is 2.36 bits per heavy atom. The highest BCUT2D eigenvalue weighted by Crippen LogP contribution is 2.28. The molecule has 1 aliphatic heterocycles. The number of hydrogen-bond acceptors (Lipinski definition) is 5. The van der Waals surface area contributed by atoms with Crippen molar-refractivity contribution in [3.05, 3.63) is 53.8 Å². The molecule has 28 heavy (non-hydrogen) atoms. The van der Waals surface area contributed by atoms with E-state index in [-0.39, 0.29) is 5.56 Å². The summed E-state index contributed by atoms with van der Waals surface area (Å²) >= 11 is 0. The van der Waals surface area contributed by atoms with Gasteiger partial charge in [0, 0.05) is 5.69 Å². The van der Waals surface area contributed by atoms with Crippen LogP contribution in [0.1, 0.15) is 17.3 Å². The Balaban J connectivity index is 1.86. The quantitative estimate of drug-likeness (QED) is 0.564. The summed E-state index contributed by atoms with van der Waals surface area (Å²) in [5.74, 6) is -0.667. The van der Waals surface area contributed by atoms with E-state index in [4.69, 9.17) is 9.47 Å². The van der Waals surface area contributed by atoms with Crippen molar-refractivity contribution in [3.8, 4) is 11.5 Å². The number of carbonyl (C=O) groups excluding carboxylic acids is 3. The number of rotatable bonds is 6. The Labute approximate surface area is 161 Å². The second kappa shape index (κ2) is 7.67. The standard InChI is InChI=1S/C20H19FN2O5/c1-12-19(25)22(20(26)23(12)14-6-4-13(21)5-7-14)11-17(24)16-10-15(27-2)8-9-18(16)28-3/h4-10,12H,11H2,1-3H3. The highest BCUT2D eigenvalue weighted by molar-refractivity contribution is 6.16. The molecule has 0 radical (unpaired) electrons. The third-order valence-electron chi connectivity index (χ3n) is 4.56. The minimum atomic E-state index is -0.807. The molecular formula is C20H19FN2O5. The van der Waals surface area contributed by atoms with E-state index in [9.17, 15) is 18.8 Å². The molecule has 0 bridgehead atoms. The number of halogens is 1. The molecule has 0 aliphatic carbocycles. The molecule has 0 saturated carbocycles. The molecule has 0 aromatic heterocycles. The summed E-state index contributed by atoms with van der Waals surface area (Å²) in [6, 6.07) is 8.49. The fraction of sp³-hybridized carbons (Fsp3) is 0.250. The molecule has 3 amide bonds. The van der Waals surface area contributed by atoms with Crippen molar-refractivity contribution in [2.24, 2.45) is 0 Å². The van der Waals surface area contributed by atoms with Crippen LogP contribution in [0.25, 0.3) is 0 Å². The number of methoxy groups -OCH3 is 2. The summed E-state index contributed by atoms with van der Waals surface area (Å²) in [6.07, 6.45) is 0. The third-order valence-corrected chi connectivity index (χ3v) is 4.56. The van der Waals surface area contributed by atoms with Gasteiger partial charge in [-0.25, -0.2) is 9.18 Å². The average Bonchev–Trinajstić information content (AvgIpc) is 2.91. The number of hydrogen-bond donors (Lipinski definition) is 0. The zero-order valence-corrected chi connectivity index (χ0v) is 15.6. The molecule has 1 atom stereocenters. The Bertz CT molecular complexity index is 929. The third kappa shape index (κ3) is 3.40. The number of carbonyl (C=O) groups is 3. The lowest BCUT2D eigenvalue weighted by Gasteiger charge is -2.19. The molecule has 0 N–H and O–H groups in total. The normalized spacial score (nSPS) is 16.5. The van der Waals surface area contributed by atoms with Crippen LogP contribution in [0.15, 0.2) is 42.5 Å². The summed E-state index contributed by atoms with van der Waals surface area (Å²) in [4.78, 5) is 40.3. The Morgan fingerprint density at radius 2 is 1.75 bits per heavy atom. The van der Waals surface area contributed by atoms with E-state index in [1.807, 2.05) is 0 Å². The highest BCUT2D eigenvalue weighted by Gasteiger charge is 2.44. The number of anilines is 1. The molecule has 7 nitrogen and oxygen atoms in total. The Morgan fingerprint density at radius 1 is 1.07 bits per heavy atom. The summed E-state index contributed by atoms with van der Waals surface area (Å²) in [5.41, 5.74) is 0.580. The average molecular weight is 386 g/mol. The minimum absolute atomic E-state index is 0.204. The maximum absolute atomic E-state index is 13.2. The van der Waals surface area contributed by atoms with Crippen LogP contribution in [0.4, 0.5) is 14.9 Å². The van der Waals surface area contributed by atoms with Crippen molar-refractivity contribution in [3.63, 3.8) is 0 Å². The minimum Gasteiger partial charge on any atom is -0.497 e. The van der Waals surface area contributed by atoms with Crippen LogP contribution < -0.4 is 14.4 Å². The second-order valence-electron chi connectivity index (χ2n) is 6.22. The van der Waals surface area contributed by atoms with Crippen molar-refractivity contribution in [1.29, 1.82) is 0 Å². The maximum Gasteiger partial charge on any atom is 0.332 e. The Hall–Kier alpha value is -3.42. The van der Waals surface area contributed by atoms with Crippen LogP contribution >= 0.6 is 0 Å². The Kier molecular flexibility index (Phi) is 5.30. The predicted molar refractivity (Wildman–Crippen MR) is 99.3 cm³/mol. The number of amides is 3. The van der Waals surface area contributed by atoms with Crippen molar-refractivity contribution in [2.75, 3.05) is 25.7 Å². The van der Waals surface area contributed by atoms with Gasteiger partial charge in [-0.3, -0.25) is 19.4 Å². The number of ether oxygens (including phenoxy) is 2. The van der Waals surface area contributed by atoms with Crippen LogP contribution in [0.2, 0.25) is 0 Å². The summed E-state index contributed by atoms with van der Waals surface area (Å²) in [5, 5.41) is 0. The zero-order valence-electron chi connectivity index (χ0n) is 15.6. The van der Waals surface area contributed by atoms with Crippen LogP contribution in [0.3, 0.4) is 0 Å². The van der Waals surface area contributed by atoms with Gasteiger partial charge in [-0.05, 0) is 49.4 Å². The first-order chi connectivity index (χ1) is 13.4. The van der Waals surface area contributed by atoms with Gasteiger partial charge in [0.1, 0.15) is 23.4 Å². The van der Waals surface area contributed by atoms with Crippen molar-refractivity contribution >= 4 is 23.4 Å². The molecule has 1 saturated heterocycles. The van der Waals surface area contributed by atoms with Gasteiger partial charge in [-0.2, -0.15) is 0 Å². The predicted octanol–water partition coefficient (Wildman–Crippen LogP) is 2.88. The van der Waals surface area contributed by atoms with Gasteiger partial charge in [0.05, 0.1) is 26.3 Å². The first-order valence-electron chi connectivity index (χ1n) is 8.52. The van der Waals surface area contributed by atoms with Gasteiger partial charge < -0.3 is 9.47 Å². The zero-order chi connectivity index (χ0) is 20.4. The first-order valence-corrected chi connectivity index (χ1v) is 8.52. The highest BCUT2D eigenvalue weighted by atomic mass is 19.1. The molecule has 0 spiro atoms. The van der Waals surface area contributed by atoms with Crippen molar-refractivity contribution in [1.82, 2.24) is 4.90 Å². The van der Waals surface area contributed by atoms with Gasteiger partial charge >= 0.3 is 6.03 Å². The molecule has 2 aromatic rings. The van der Waals surface area contributed by atoms with Gasteiger partial charge in [0.15, 0.2) is 5.78 Å². The molecule has 8 heteroatoms. The fourth-order valence-electron chi connectivity index (χ4n) is 3.07. The summed E-state index contributed by atoms with van der Waals surface area (Å²) < 4.78 is 23.5. The lowest BCUT2D eigenvalue weighted by atomic mass is 10.1. The number of imide groups is 1.